The van der Waals surface area contributed by atoms with Crippen LogP contribution in [0, 0.1) is 5.41 Å². The number of aromatic nitrogens is 1. The molecule has 0 aromatic carbocycles. The highest BCUT2D eigenvalue weighted by Crippen LogP contribution is 2.45. The molecule has 1 fully saturated rings. The van der Waals surface area contributed by atoms with Gasteiger partial charge in [-0.3, -0.25) is 4.98 Å². The third kappa shape index (κ3) is 3.25. The number of nitrogens with one attached hydrogen (secondary N) is 2. The number of hydrogen-bond donors (Lipinski definition) is 2. The molecule has 1 saturated carbocycles. The Kier molecular flexibility index (Phi) is 3.82. The van der Waals surface area contributed by atoms with Crippen LogP contribution in [0.5, 0.6) is 0 Å². The first kappa shape index (κ1) is 14.3. The van der Waals surface area contributed by atoms with Crippen LogP contribution in [0.3, 0.4) is 0 Å². The molecule has 106 valence electrons. The Bertz CT molecular complexity index is 555. The fraction of sp³-hybridized carbons (Fsp3) is 0.615. The maximum atomic E-state index is 12.4. The molecule has 0 spiro atoms. The van der Waals surface area contributed by atoms with E-state index < -0.39 is 10.0 Å². The number of rotatable bonds is 6. The molecule has 1 aliphatic carbocycles. The van der Waals surface area contributed by atoms with Gasteiger partial charge < -0.3 is 5.32 Å². The minimum atomic E-state index is -3.50. The van der Waals surface area contributed by atoms with Crippen molar-refractivity contribution in [1.82, 2.24) is 9.71 Å². The van der Waals surface area contributed by atoms with Crippen molar-refractivity contribution >= 4 is 15.7 Å². The van der Waals surface area contributed by atoms with Crippen LogP contribution in [0.15, 0.2) is 23.4 Å². The van der Waals surface area contributed by atoms with E-state index in [1.54, 1.807) is 12.3 Å². The molecule has 0 aliphatic heterocycles. The summed E-state index contributed by atoms with van der Waals surface area (Å²) in [5, 5.41) is 3.12. The lowest BCUT2D eigenvalue weighted by atomic mass is 10.2. The molecule has 0 saturated heterocycles. The molecule has 2 rings (SSSR count). The highest BCUT2D eigenvalue weighted by molar-refractivity contribution is 7.89. The lowest BCUT2D eigenvalue weighted by Gasteiger charge is -2.13. The number of sulfonamides is 1. The Morgan fingerprint density at radius 1 is 1.47 bits per heavy atom. The normalized spacial score (nSPS) is 21.1. The van der Waals surface area contributed by atoms with Crippen LogP contribution in [-0.2, 0) is 10.0 Å². The minimum absolute atomic E-state index is 0.0248. The highest BCUT2D eigenvalue weighted by atomic mass is 32.2. The van der Waals surface area contributed by atoms with Crippen LogP contribution in [0.2, 0.25) is 0 Å². The maximum absolute atomic E-state index is 12.4. The summed E-state index contributed by atoms with van der Waals surface area (Å²) < 4.78 is 27.5. The summed E-state index contributed by atoms with van der Waals surface area (Å²) in [7, 11) is -3.50. The number of hydrogen-bond acceptors (Lipinski definition) is 4. The summed E-state index contributed by atoms with van der Waals surface area (Å²) in [5.41, 5.74) is 0.676. The fourth-order valence-corrected chi connectivity index (χ4v) is 3.45. The van der Waals surface area contributed by atoms with Gasteiger partial charge >= 0.3 is 0 Å². The van der Waals surface area contributed by atoms with Gasteiger partial charge in [0.2, 0.25) is 10.0 Å². The van der Waals surface area contributed by atoms with Crippen molar-refractivity contribution in [2.75, 3.05) is 11.9 Å². The summed E-state index contributed by atoms with van der Waals surface area (Å²) in [6.07, 6.45) is 4.81. The van der Waals surface area contributed by atoms with Crippen LogP contribution < -0.4 is 10.0 Å². The van der Waals surface area contributed by atoms with Gasteiger partial charge in [0.05, 0.1) is 5.69 Å². The molecule has 0 radical (unpaired) electrons. The van der Waals surface area contributed by atoms with Gasteiger partial charge in [-0.25, -0.2) is 13.1 Å². The highest BCUT2D eigenvalue weighted by Gasteiger charge is 2.48. The van der Waals surface area contributed by atoms with Gasteiger partial charge in [-0.2, -0.15) is 0 Å². The molecule has 1 heterocycles. The average Bonchev–Trinajstić information content (AvgIpc) is 2.93. The van der Waals surface area contributed by atoms with Crippen LogP contribution in [0.25, 0.3) is 0 Å². The second-order valence-corrected chi connectivity index (χ2v) is 7.35. The van der Waals surface area contributed by atoms with E-state index in [1.165, 1.54) is 6.20 Å². The van der Waals surface area contributed by atoms with Crippen molar-refractivity contribution in [3.8, 4) is 0 Å². The molecule has 6 heteroatoms. The largest absolute Gasteiger partial charge is 0.384 e. The summed E-state index contributed by atoms with van der Waals surface area (Å²) in [4.78, 5) is 4.15. The lowest BCUT2D eigenvalue weighted by Crippen LogP contribution is -2.29. The molecule has 1 aliphatic rings. The van der Waals surface area contributed by atoms with Gasteiger partial charge in [-0.05, 0) is 24.3 Å². The van der Waals surface area contributed by atoms with E-state index in [0.717, 1.165) is 19.4 Å². The fourth-order valence-electron chi connectivity index (χ4n) is 1.92. The van der Waals surface area contributed by atoms with E-state index >= 15 is 0 Å². The van der Waals surface area contributed by atoms with Crippen LogP contribution in [0.4, 0.5) is 5.69 Å². The first-order chi connectivity index (χ1) is 8.87. The standard InChI is InChI=1S/C13H21N3O2S/c1-4-6-15-10-5-7-14-9-11(10)19(17,18)16-12-8-13(12,2)3/h5,7,9,12,16H,4,6,8H2,1-3H3,(H,14,15). The van der Waals surface area contributed by atoms with Gasteiger partial charge in [-0.15, -0.1) is 0 Å². The van der Waals surface area contributed by atoms with Gasteiger partial charge in [0.25, 0.3) is 0 Å². The summed E-state index contributed by atoms with van der Waals surface area (Å²) in [6.45, 7) is 6.88. The van der Waals surface area contributed by atoms with Crippen molar-refractivity contribution in [1.29, 1.82) is 0 Å². The summed E-state index contributed by atoms with van der Waals surface area (Å²) >= 11 is 0. The second kappa shape index (κ2) is 5.09. The van der Waals surface area contributed by atoms with Gasteiger partial charge in [0.1, 0.15) is 4.90 Å². The Hall–Kier alpha value is -1.14. The molecular weight excluding hydrogens is 262 g/mol. The molecule has 1 unspecified atom stereocenters. The van der Waals surface area contributed by atoms with E-state index in [4.69, 9.17) is 0 Å². The average molecular weight is 283 g/mol. The quantitative estimate of drug-likeness (QED) is 0.837. The monoisotopic (exact) mass is 283 g/mol. The SMILES string of the molecule is CCCNc1ccncc1S(=O)(=O)NC1CC1(C)C. The number of anilines is 1. The zero-order valence-electron chi connectivity index (χ0n) is 11.6. The summed E-state index contributed by atoms with van der Waals surface area (Å²) in [6, 6.07) is 1.72. The van der Waals surface area contributed by atoms with Crippen LogP contribution >= 0.6 is 0 Å². The first-order valence-electron chi connectivity index (χ1n) is 6.57. The van der Waals surface area contributed by atoms with Crippen molar-refractivity contribution < 1.29 is 8.42 Å². The van der Waals surface area contributed by atoms with Gasteiger partial charge in [0.15, 0.2) is 0 Å². The smallest absolute Gasteiger partial charge is 0.244 e. The zero-order valence-corrected chi connectivity index (χ0v) is 12.4. The first-order valence-corrected chi connectivity index (χ1v) is 8.05. The predicted molar refractivity (Wildman–Crippen MR) is 75.5 cm³/mol. The third-order valence-electron chi connectivity index (χ3n) is 3.45. The topological polar surface area (TPSA) is 71.1 Å². The van der Waals surface area contributed by atoms with Gasteiger partial charge in [-0.1, -0.05) is 20.8 Å². The molecule has 0 amide bonds. The number of pyridine rings is 1. The van der Waals surface area contributed by atoms with Crippen LogP contribution in [0.1, 0.15) is 33.6 Å². The molecule has 0 bridgehead atoms. The van der Waals surface area contributed by atoms with Crippen molar-refractivity contribution in [3.63, 3.8) is 0 Å². The maximum Gasteiger partial charge on any atom is 0.244 e. The van der Waals surface area contributed by atoms with E-state index in [-0.39, 0.29) is 16.4 Å². The van der Waals surface area contributed by atoms with E-state index in [9.17, 15) is 8.42 Å². The van der Waals surface area contributed by atoms with E-state index in [0.29, 0.717) is 5.69 Å². The molecule has 1 aromatic rings. The summed E-state index contributed by atoms with van der Waals surface area (Å²) in [5.74, 6) is 0. The van der Waals surface area contributed by atoms with Crippen LogP contribution in [-0.4, -0.2) is 26.0 Å². The van der Waals surface area contributed by atoms with Crippen molar-refractivity contribution in [3.05, 3.63) is 18.5 Å². The van der Waals surface area contributed by atoms with Gasteiger partial charge in [0, 0.05) is 25.0 Å². The molecule has 1 atom stereocenters. The molecule has 1 aromatic heterocycles. The number of nitrogens with zero attached hydrogens (tertiary/aromatic N) is 1. The lowest BCUT2D eigenvalue weighted by molar-refractivity contribution is 0.555. The van der Waals surface area contributed by atoms with E-state index in [2.05, 4.69) is 28.9 Å². The van der Waals surface area contributed by atoms with Crippen molar-refractivity contribution in [2.45, 2.75) is 44.6 Å². The second-order valence-electron chi connectivity index (χ2n) is 5.67. The predicted octanol–water partition coefficient (Wildman–Crippen LogP) is 1.98. The zero-order chi connectivity index (χ0) is 14.1. The molecule has 5 nitrogen and oxygen atoms in total. The Labute approximate surface area is 114 Å². The molecule has 2 N–H and O–H groups in total. The Morgan fingerprint density at radius 3 is 2.74 bits per heavy atom. The molecule has 19 heavy (non-hydrogen) atoms. The van der Waals surface area contributed by atoms with Crippen molar-refractivity contribution in [2.24, 2.45) is 5.41 Å². The molecular formula is C13H21N3O2S. The minimum Gasteiger partial charge on any atom is -0.384 e. The third-order valence-corrected chi connectivity index (χ3v) is 4.95. The van der Waals surface area contributed by atoms with E-state index in [1.807, 2.05) is 6.92 Å². The Balaban J connectivity index is 2.20. The Morgan fingerprint density at radius 2 is 2.16 bits per heavy atom.